The second-order valence-electron chi connectivity index (χ2n) is 7.60. The predicted octanol–water partition coefficient (Wildman–Crippen LogP) is 3.38. The fraction of sp³-hybridized carbons (Fsp3) is 0.938. The first-order valence-electron chi connectivity index (χ1n) is 7.90. The number of aliphatic hydroxyl groups is 1. The highest BCUT2D eigenvalue weighted by atomic mass is 16.6. The Labute approximate surface area is 122 Å². The lowest BCUT2D eigenvalue weighted by Gasteiger charge is -2.46. The van der Waals surface area contributed by atoms with Crippen molar-refractivity contribution in [2.45, 2.75) is 89.9 Å². The Hall–Kier alpha value is -0.770. The summed E-state index contributed by atoms with van der Waals surface area (Å²) in [6, 6.07) is 0. The van der Waals surface area contributed by atoms with E-state index >= 15 is 0 Å². The number of amides is 1. The first kappa shape index (κ1) is 15.6. The van der Waals surface area contributed by atoms with Crippen LogP contribution in [0.4, 0.5) is 4.79 Å². The molecular formula is C16H29NO3. The van der Waals surface area contributed by atoms with Crippen LogP contribution in [0.5, 0.6) is 0 Å². The molecule has 0 heterocycles. The van der Waals surface area contributed by atoms with E-state index in [4.69, 9.17) is 4.74 Å². The maximum Gasteiger partial charge on any atom is 0.408 e. The molecule has 0 aliphatic heterocycles. The third-order valence-electron chi connectivity index (χ3n) is 4.99. The molecule has 0 aromatic heterocycles. The molecule has 4 heteroatoms. The minimum Gasteiger partial charge on any atom is -0.444 e. The number of hydrogen-bond donors (Lipinski definition) is 2. The molecule has 2 rings (SSSR count). The third-order valence-corrected chi connectivity index (χ3v) is 4.99. The number of aliphatic hydroxyl groups excluding tert-OH is 1. The maximum absolute atomic E-state index is 12.2. The number of carbonyl (C=O) groups excluding carboxylic acids is 1. The summed E-state index contributed by atoms with van der Waals surface area (Å²) in [6.07, 6.45) is 6.64. The van der Waals surface area contributed by atoms with Gasteiger partial charge in [-0.1, -0.05) is 19.3 Å². The van der Waals surface area contributed by atoms with Crippen molar-refractivity contribution >= 4 is 6.09 Å². The van der Waals surface area contributed by atoms with Gasteiger partial charge >= 0.3 is 6.09 Å². The van der Waals surface area contributed by atoms with Crippen molar-refractivity contribution in [3.8, 4) is 0 Å². The van der Waals surface area contributed by atoms with Gasteiger partial charge in [-0.2, -0.15) is 0 Å². The lowest BCUT2D eigenvalue weighted by molar-refractivity contribution is -0.00147. The second-order valence-corrected chi connectivity index (χ2v) is 7.60. The molecule has 0 bridgehead atoms. The van der Waals surface area contributed by atoms with E-state index in [9.17, 15) is 9.90 Å². The Morgan fingerprint density at radius 2 is 1.70 bits per heavy atom. The Bertz CT molecular complexity index is 360. The Morgan fingerprint density at radius 1 is 1.15 bits per heavy atom. The lowest BCUT2D eigenvalue weighted by Crippen LogP contribution is -2.59. The molecule has 116 valence electrons. The Balaban J connectivity index is 2.14. The van der Waals surface area contributed by atoms with E-state index in [0.717, 1.165) is 38.5 Å². The van der Waals surface area contributed by atoms with Gasteiger partial charge in [0.15, 0.2) is 0 Å². The molecular weight excluding hydrogens is 254 g/mol. The first-order chi connectivity index (χ1) is 9.21. The van der Waals surface area contributed by atoms with Gasteiger partial charge in [-0.3, -0.25) is 0 Å². The Kier molecular flexibility index (Phi) is 4.07. The van der Waals surface area contributed by atoms with Crippen LogP contribution >= 0.6 is 0 Å². The second kappa shape index (κ2) is 5.21. The molecule has 0 radical (unpaired) electrons. The molecule has 0 aromatic carbocycles. The standard InChI is InChI=1S/C16H29NO3/c1-12(18)15(10-11-15)16(8-6-5-7-9-16)17-13(19)20-14(2,3)4/h12,18H,5-11H2,1-4H3,(H,17,19). The SMILES string of the molecule is CC(O)C1(C2(NC(=O)OC(C)(C)C)CCCCC2)CC1. The fourth-order valence-corrected chi connectivity index (χ4v) is 3.83. The van der Waals surface area contributed by atoms with Crippen molar-refractivity contribution in [1.82, 2.24) is 5.32 Å². The zero-order valence-electron chi connectivity index (χ0n) is 13.3. The van der Waals surface area contributed by atoms with E-state index < -0.39 is 5.60 Å². The molecule has 1 atom stereocenters. The third kappa shape index (κ3) is 2.95. The van der Waals surface area contributed by atoms with Gasteiger partial charge in [-0.25, -0.2) is 4.79 Å². The van der Waals surface area contributed by atoms with E-state index in [1.54, 1.807) is 0 Å². The van der Waals surface area contributed by atoms with Crippen molar-refractivity contribution in [2.24, 2.45) is 5.41 Å². The van der Waals surface area contributed by atoms with Gasteiger partial charge in [-0.15, -0.1) is 0 Å². The molecule has 4 nitrogen and oxygen atoms in total. The molecule has 0 aromatic rings. The van der Waals surface area contributed by atoms with Crippen molar-refractivity contribution in [3.63, 3.8) is 0 Å². The number of rotatable bonds is 3. The smallest absolute Gasteiger partial charge is 0.408 e. The number of nitrogens with one attached hydrogen (secondary N) is 1. The minimum absolute atomic E-state index is 0.135. The highest BCUT2D eigenvalue weighted by molar-refractivity contribution is 5.69. The lowest BCUT2D eigenvalue weighted by atomic mass is 9.68. The van der Waals surface area contributed by atoms with Gasteiger partial charge in [0.05, 0.1) is 11.6 Å². The van der Waals surface area contributed by atoms with Gasteiger partial charge in [0, 0.05) is 5.41 Å². The number of alkyl carbamates (subject to hydrolysis) is 1. The van der Waals surface area contributed by atoms with Crippen LogP contribution in [0.25, 0.3) is 0 Å². The summed E-state index contributed by atoms with van der Waals surface area (Å²) >= 11 is 0. The summed E-state index contributed by atoms with van der Waals surface area (Å²) in [7, 11) is 0. The Morgan fingerprint density at radius 3 is 2.10 bits per heavy atom. The van der Waals surface area contributed by atoms with Gasteiger partial charge in [0.2, 0.25) is 0 Å². The fourth-order valence-electron chi connectivity index (χ4n) is 3.83. The molecule has 2 fully saturated rings. The molecule has 1 amide bonds. The number of hydrogen-bond acceptors (Lipinski definition) is 3. The molecule has 0 saturated heterocycles. The number of carbonyl (C=O) groups is 1. The van der Waals surface area contributed by atoms with Crippen LogP contribution in [-0.4, -0.2) is 28.4 Å². The van der Waals surface area contributed by atoms with Crippen LogP contribution in [0.15, 0.2) is 0 Å². The average molecular weight is 283 g/mol. The van der Waals surface area contributed by atoms with Gasteiger partial charge in [0.1, 0.15) is 5.60 Å². The summed E-state index contributed by atoms with van der Waals surface area (Å²) in [6.45, 7) is 7.49. The van der Waals surface area contributed by atoms with E-state index in [-0.39, 0.29) is 23.2 Å². The van der Waals surface area contributed by atoms with E-state index in [1.165, 1.54) is 6.42 Å². The van der Waals surface area contributed by atoms with Crippen LogP contribution in [0.2, 0.25) is 0 Å². The van der Waals surface area contributed by atoms with Crippen molar-refractivity contribution in [2.75, 3.05) is 0 Å². The summed E-state index contributed by atoms with van der Waals surface area (Å²) in [5.41, 5.74) is -0.895. The molecule has 1 unspecified atom stereocenters. The summed E-state index contributed by atoms with van der Waals surface area (Å²) < 4.78 is 5.44. The molecule has 2 N–H and O–H groups in total. The van der Waals surface area contributed by atoms with Crippen LogP contribution in [0.1, 0.15) is 72.6 Å². The van der Waals surface area contributed by atoms with Gasteiger partial charge in [0.25, 0.3) is 0 Å². The molecule has 20 heavy (non-hydrogen) atoms. The van der Waals surface area contributed by atoms with Crippen LogP contribution < -0.4 is 5.32 Å². The topological polar surface area (TPSA) is 58.6 Å². The molecule has 0 spiro atoms. The van der Waals surface area contributed by atoms with Crippen molar-refractivity contribution in [1.29, 1.82) is 0 Å². The van der Waals surface area contributed by atoms with Crippen LogP contribution in [0.3, 0.4) is 0 Å². The summed E-state index contributed by atoms with van der Waals surface area (Å²) in [4.78, 5) is 12.2. The largest absolute Gasteiger partial charge is 0.444 e. The summed E-state index contributed by atoms with van der Waals surface area (Å²) in [5, 5.41) is 13.4. The van der Waals surface area contributed by atoms with Gasteiger partial charge < -0.3 is 15.2 Å². The average Bonchev–Trinajstić information content (AvgIpc) is 3.08. The van der Waals surface area contributed by atoms with E-state index in [2.05, 4.69) is 5.32 Å². The van der Waals surface area contributed by atoms with Crippen LogP contribution in [-0.2, 0) is 4.74 Å². The zero-order chi connectivity index (χ0) is 15.0. The van der Waals surface area contributed by atoms with Crippen molar-refractivity contribution < 1.29 is 14.6 Å². The van der Waals surface area contributed by atoms with Gasteiger partial charge in [-0.05, 0) is 53.4 Å². The zero-order valence-corrected chi connectivity index (χ0v) is 13.3. The molecule has 2 aliphatic carbocycles. The van der Waals surface area contributed by atoms with Crippen LogP contribution in [0, 0.1) is 5.41 Å². The number of ether oxygens (including phenoxy) is 1. The van der Waals surface area contributed by atoms with E-state index in [0.29, 0.717) is 0 Å². The molecule has 2 saturated carbocycles. The predicted molar refractivity (Wildman–Crippen MR) is 78.5 cm³/mol. The summed E-state index contributed by atoms with van der Waals surface area (Å²) in [5.74, 6) is 0. The van der Waals surface area contributed by atoms with E-state index in [1.807, 2.05) is 27.7 Å². The highest BCUT2D eigenvalue weighted by Crippen LogP contribution is 2.60. The first-order valence-corrected chi connectivity index (χ1v) is 7.90. The maximum atomic E-state index is 12.2. The molecule has 2 aliphatic rings. The quantitative estimate of drug-likeness (QED) is 0.835. The van der Waals surface area contributed by atoms with Crippen molar-refractivity contribution in [3.05, 3.63) is 0 Å². The minimum atomic E-state index is -0.485. The highest BCUT2D eigenvalue weighted by Gasteiger charge is 2.62. The normalized spacial score (nSPS) is 25.6. The monoisotopic (exact) mass is 283 g/mol.